The number of carbonyl (C=O) groups is 1. The van der Waals surface area contributed by atoms with Gasteiger partial charge in [0.15, 0.2) is 9.84 Å². The van der Waals surface area contributed by atoms with Crippen LogP contribution in [-0.4, -0.2) is 24.5 Å². The molecule has 0 radical (unpaired) electrons. The summed E-state index contributed by atoms with van der Waals surface area (Å²) in [4.78, 5) is 14.6. The number of carboxylic acid groups (broad SMARTS) is 1. The molecule has 1 aromatic carbocycles. The molecule has 0 fully saturated rings. The lowest BCUT2D eigenvalue weighted by atomic mass is 10.2. The van der Waals surface area contributed by atoms with Crippen LogP contribution >= 0.6 is 27.5 Å². The quantitative estimate of drug-likeness (QED) is 0.867. The number of rotatable bonds is 4. The van der Waals surface area contributed by atoms with Crippen LogP contribution < -0.4 is 0 Å². The number of hydrogen-bond donors (Lipinski definition) is 1. The first-order chi connectivity index (χ1) is 9.79. The van der Waals surface area contributed by atoms with E-state index in [1.807, 2.05) is 0 Å². The van der Waals surface area contributed by atoms with Crippen molar-refractivity contribution < 1.29 is 18.3 Å². The van der Waals surface area contributed by atoms with Crippen molar-refractivity contribution in [3.05, 3.63) is 57.3 Å². The molecule has 0 bridgehead atoms. The summed E-state index contributed by atoms with van der Waals surface area (Å²) < 4.78 is 25.4. The number of benzene rings is 1. The number of halogens is 2. The van der Waals surface area contributed by atoms with E-state index >= 15 is 0 Å². The second-order valence-corrected chi connectivity index (χ2v) is 7.50. The zero-order valence-corrected chi connectivity index (χ0v) is 13.6. The van der Waals surface area contributed by atoms with Gasteiger partial charge in [-0.05, 0) is 45.8 Å². The van der Waals surface area contributed by atoms with Crippen LogP contribution in [0.3, 0.4) is 0 Å². The normalized spacial score (nSPS) is 11.3. The van der Waals surface area contributed by atoms with Crippen molar-refractivity contribution >= 4 is 43.3 Å². The smallest absolute Gasteiger partial charge is 0.335 e. The first kappa shape index (κ1) is 15.9. The fourth-order valence-corrected chi connectivity index (χ4v) is 4.01. The zero-order valence-electron chi connectivity index (χ0n) is 10.5. The van der Waals surface area contributed by atoms with Gasteiger partial charge in [0.2, 0.25) is 0 Å². The molecule has 0 unspecified atom stereocenters. The minimum absolute atomic E-state index is 0.0112. The van der Waals surface area contributed by atoms with E-state index in [2.05, 4.69) is 20.9 Å². The van der Waals surface area contributed by atoms with Crippen molar-refractivity contribution in [1.82, 2.24) is 4.98 Å². The second-order valence-electron chi connectivity index (χ2n) is 4.22. The minimum Gasteiger partial charge on any atom is -0.478 e. The van der Waals surface area contributed by atoms with Crippen LogP contribution in [0.2, 0.25) is 5.02 Å². The fourth-order valence-electron chi connectivity index (χ4n) is 1.71. The monoisotopic (exact) mass is 389 g/mol. The molecule has 21 heavy (non-hydrogen) atoms. The van der Waals surface area contributed by atoms with E-state index in [9.17, 15) is 13.2 Å². The molecule has 0 amide bonds. The van der Waals surface area contributed by atoms with Crippen molar-refractivity contribution in [3.8, 4) is 0 Å². The highest BCUT2D eigenvalue weighted by atomic mass is 79.9. The summed E-state index contributed by atoms with van der Waals surface area (Å²) in [7, 11) is -3.77. The Balaban J connectivity index is 2.44. The first-order valence-corrected chi connectivity index (χ1v) is 8.47. The Morgan fingerprint density at radius 3 is 2.62 bits per heavy atom. The SMILES string of the molecule is O=C(O)c1ccc(Cl)c(S(=O)(=O)Cc2cncc(Br)c2)c1. The molecule has 2 aromatic rings. The van der Waals surface area contributed by atoms with E-state index in [4.69, 9.17) is 16.7 Å². The molecule has 5 nitrogen and oxygen atoms in total. The standard InChI is InChI=1S/C13H9BrClNO4S/c14-10-3-8(5-16-6-10)7-21(19,20)12-4-9(13(17)18)1-2-11(12)15/h1-6H,7H2,(H,17,18). The molecule has 0 aliphatic carbocycles. The largest absolute Gasteiger partial charge is 0.478 e. The van der Waals surface area contributed by atoms with Gasteiger partial charge in [-0.1, -0.05) is 11.6 Å². The minimum atomic E-state index is -3.77. The van der Waals surface area contributed by atoms with Gasteiger partial charge in [-0.3, -0.25) is 4.98 Å². The molecule has 0 spiro atoms. The predicted octanol–water partition coefficient (Wildman–Crippen LogP) is 3.17. The maximum Gasteiger partial charge on any atom is 0.335 e. The highest BCUT2D eigenvalue weighted by Gasteiger charge is 2.21. The summed E-state index contributed by atoms with van der Waals surface area (Å²) in [5.74, 6) is -1.53. The van der Waals surface area contributed by atoms with Gasteiger partial charge < -0.3 is 5.11 Å². The molecule has 0 saturated heterocycles. The van der Waals surface area contributed by atoms with Crippen LogP contribution in [-0.2, 0) is 15.6 Å². The Morgan fingerprint density at radius 2 is 2.00 bits per heavy atom. The lowest BCUT2D eigenvalue weighted by molar-refractivity contribution is 0.0696. The van der Waals surface area contributed by atoms with E-state index in [-0.39, 0.29) is 21.2 Å². The molecule has 0 aliphatic heterocycles. The number of sulfone groups is 1. The van der Waals surface area contributed by atoms with Gasteiger partial charge in [0, 0.05) is 16.9 Å². The van der Waals surface area contributed by atoms with Gasteiger partial charge in [-0.2, -0.15) is 0 Å². The molecule has 1 N–H and O–H groups in total. The molecule has 110 valence electrons. The van der Waals surface area contributed by atoms with Crippen molar-refractivity contribution in [2.45, 2.75) is 10.6 Å². The third kappa shape index (κ3) is 3.81. The van der Waals surface area contributed by atoms with E-state index in [1.165, 1.54) is 24.5 Å². The maximum absolute atomic E-state index is 12.4. The summed E-state index contributed by atoms with van der Waals surface area (Å²) >= 11 is 9.10. The van der Waals surface area contributed by atoms with Crippen molar-refractivity contribution in [1.29, 1.82) is 0 Å². The summed E-state index contributed by atoms with van der Waals surface area (Å²) in [5.41, 5.74) is 0.339. The molecule has 0 saturated carbocycles. The third-order valence-corrected chi connectivity index (χ3v) is 5.23. The maximum atomic E-state index is 12.4. The Morgan fingerprint density at radius 1 is 1.29 bits per heavy atom. The third-order valence-electron chi connectivity index (χ3n) is 2.63. The fraction of sp³-hybridized carbons (Fsp3) is 0.0769. The lowest BCUT2D eigenvalue weighted by Gasteiger charge is -2.08. The van der Waals surface area contributed by atoms with Crippen LogP contribution in [0.15, 0.2) is 46.0 Å². The second kappa shape index (κ2) is 6.13. The molecule has 8 heteroatoms. The Bertz CT molecular complexity index is 808. The van der Waals surface area contributed by atoms with Crippen LogP contribution in [0, 0.1) is 0 Å². The molecule has 0 aliphatic rings. The van der Waals surface area contributed by atoms with Gasteiger partial charge in [0.1, 0.15) is 0 Å². The van der Waals surface area contributed by atoms with E-state index in [0.717, 1.165) is 6.07 Å². The van der Waals surface area contributed by atoms with Crippen molar-refractivity contribution in [3.63, 3.8) is 0 Å². The molecule has 2 rings (SSSR count). The van der Waals surface area contributed by atoms with E-state index < -0.39 is 15.8 Å². The highest BCUT2D eigenvalue weighted by Crippen LogP contribution is 2.26. The van der Waals surface area contributed by atoms with Gasteiger partial charge in [0.25, 0.3) is 0 Å². The molecule has 1 heterocycles. The number of nitrogens with zero attached hydrogens (tertiary/aromatic N) is 1. The molecular weight excluding hydrogens is 382 g/mol. The summed E-state index contributed by atoms with van der Waals surface area (Å²) in [6.45, 7) is 0. The number of pyridine rings is 1. The van der Waals surface area contributed by atoms with Crippen LogP contribution in [0.4, 0.5) is 0 Å². The average Bonchev–Trinajstić information content (AvgIpc) is 2.38. The first-order valence-electron chi connectivity index (χ1n) is 5.64. The van der Waals surface area contributed by atoms with Crippen molar-refractivity contribution in [2.75, 3.05) is 0 Å². The van der Waals surface area contributed by atoms with Gasteiger partial charge in [-0.15, -0.1) is 0 Å². The highest BCUT2D eigenvalue weighted by molar-refractivity contribution is 9.10. The Labute approximate surface area is 134 Å². The molecule has 0 atom stereocenters. The lowest BCUT2D eigenvalue weighted by Crippen LogP contribution is -2.08. The van der Waals surface area contributed by atoms with Gasteiger partial charge in [0.05, 0.1) is 21.2 Å². The Kier molecular flexibility index (Phi) is 4.65. The van der Waals surface area contributed by atoms with Gasteiger partial charge >= 0.3 is 5.97 Å². The average molecular weight is 391 g/mol. The van der Waals surface area contributed by atoms with Crippen LogP contribution in [0.25, 0.3) is 0 Å². The summed E-state index contributed by atoms with van der Waals surface area (Å²) in [6, 6.07) is 5.20. The number of hydrogen-bond acceptors (Lipinski definition) is 4. The van der Waals surface area contributed by atoms with Crippen molar-refractivity contribution in [2.24, 2.45) is 0 Å². The topological polar surface area (TPSA) is 84.3 Å². The number of aromatic nitrogens is 1. The zero-order chi connectivity index (χ0) is 15.6. The molecular formula is C13H9BrClNO4S. The number of carboxylic acids is 1. The Hall–Kier alpha value is -1.44. The van der Waals surface area contributed by atoms with Crippen LogP contribution in [0.5, 0.6) is 0 Å². The summed E-state index contributed by atoms with van der Waals surface area (Å²) in [5, 5.41) is 8.93. The summed E-state index contributed by atoms with van der Waals surface area (Å²) in [6.07, 6.45) is 2.96. The predicted molar refractivity (Wildman–Crippen MR) is 81.2 cm³/mol. The van der Waals surface area contributed by atoms with E-state index in [0.29, 0.717) is 10.0 Å². The van der Waals surface area contributed by atoms with E-state index in [1.54, 1.807) is 6.07 Å². The van der Waals surface area contributed by atoms with Gasteiger partial charge in [-0.25, -0.2) is 13.2 Å². The van der Waals surface area contributed by atoms with Crippen LogP contribution in [0.1, 0.15) is 15.9 Å². The molecule has 1 aromatic heterocycles. The number of aromatic carboxylic acids is 1.